The monoisotopic (exact) mass is 332 g/mol. The van der Waals surface area contributed by atoms with Crippen LogP contribution in [0.3, 0.4) is 0 Å². The summed E-state index contributed by atoms with van der Waals surface area (Å²) in [6.07, 6.45) is 3.62. The first-order valence-electron chi connectivity index (χ1n) is 6.04. The van der Waals surface area contributed by atoms with Gasteiger partial charge in [0, 0.05) is 28.5 Å². The molecule has 3 aromatic heterocycles. The van der Waals surface area contributed by atoms with E-state index in [4.69, 9.17) is 10.5 Å². The van der Waals surface area contributed by atoms with Gasteiger partial charge in [0.2, 0.25) is 5.88 Å². The van der Waals surface area contributed by atoms with E-state index in [0.29, 0.717) is 11.7 Å². The molecule has 3 rings (SSSR count). The Morgan fingerprint density at radius 2 is 2.15 bits per heavy atom. The van der Waals surface area contributed by atoms with Crippen molar-refractivity contribution in [3.05, 3.63) is 40.6 Å². The van der Waals surface area contributed by atoms with Crippen molar-refractivity contribution in [2.45, 2.75) is 6.92 Å². The Morgan fingerprint density at radius 3 is 2.80 bits per heavy atom. The van der Waals surface area contributed by atoms with Crippen LogP contribution >= 0.6 is 15.9 Å². The number of ether oxygens (including phenoxy) is 1. The molecule has 0 unspecified atom stereocenters. The number of aromatic nitrogens is 3. The van der Waals surface area contributed by atoms with Gasteiger partial charge in [0.1, 0.15) is 17.2 Å². The molecular formula is C14H13BrN4O. The van der Waals surface area contributed by atoms with E-state index < -0.39 is 0 Å². The van der Waals surface area contributed by atoms with E-state index in [1.54, 1.807) is 19.4 Å². The Hall–Kier alpha value is -2.08. The van der Waals surface area contributed by atoms with Crippen LogP contribution in [-0.2, 0) is 0 Å². The summed E-state index contributed by atoms with van der Waals surface area (Å²) in [5.41, 5.74) is 9.69. The summed E-state index contributed by atoms with van der Waals surface area (Å²) in [7, 11) is 1.59. The highest BCUT2D eigenvalue weighted by Crippen LogP contribution is 2.29. The lowest BCUT2D eigenvalue weighted by Gasteiger charge is -2.02. The smallest absolute Gasteiger partial charge is 0.212 e. The molecule has 20 heavy (non-hydrogen) atoms. The van der Waals surface area contributed by atoms with E-state index in [1.165, 1.54) is 0 Å². The zero-order chi connectivity index (χ0) is 14.3. The molecule has 0 aliphatic rings. The summed E-state index contributed by atoms with van der Waals surface area (Å²) in [5, 5.41) is 0. The second-order valence-electron chi connectivity index (χ2n) is 4.47. The van der Waals surface area contributed by atoms with Crippen molar-refractivity contribution in [1.82, 2.24) is 14.4 Å². The topological polar surface area (TPSA) is 65.4 Å². The molecular weight excluding hydrogens is 320 g/mol. The molecule has 5 nitrogen and oxygen atoms in total. The van der Waals surface area contributed by atoms with Gasteiger partial charge in [-0.1, -0.05) is 0 Å². The molecule has 0 aliphatic carbocycles. The number of hydrogen-bond acceptors (Lipinski definition) is 4. The number of halogens is 1. The van der Waals surface area contributed by atoms with E-state index >= 15 is 0 Å². The van der Waals surface area contributed by atoms with Crippen LogP contribution in [-0.4, -0.2) is 21.5 Å². The van der Waals surface area contributed by atoms with Crippen molar-refractivity contribution in [2.75, 3.05) is 12.8 Å². The fourth-order valence-electron chi connectivity index (χ4n) is 2.14. The molecule has 102 valence electrons. The number of nitrogens with zero attached hydrogens (tertiary/aromatic N) is 3. The number of methoxy groups -OCH3 is 1. The molecule has 0 fully saturated rings. The minimum Gasteiger partial charge on any atom is -0.481 e. The first-order chi connectivity index (χ1) is 9.60. The van der Waals surface area contributed by atoms with Crippen molar-refractivity contribution in [1.29, 1.82) is 0 Å². The summed E-state index contributed by atoms with van der Waals surface area (Å²) < 4.78 is 7.89. The average molecular weight is 333 g/mol. The number of anilines is 1. The van der Waals surface area contributed by atoms with Crippen molar-refractivity contribution >= 4 is 27.4 Å². The molecule has 0 bridgehead atoms. The number of rotatable bonds is 2. The quantitative estimate of drug-likeness (QED) is 0.783. The lowest BCUT2D eigenvalue weighted by atomic mass is 10.2. The van der Waals surface area contributed by atoms with Crippen LogP contribution in [0.25, 0.3) is 16.9 Å². The molecule has 0 aliphatic heterocycles. The molecule has 0 saturated carbocycles. The van der Waals surface area contributed by atoms with Gasteiger partial charge in [-0.3, -0.25) is 4.40 Å². The van der Waals surface area contributed by atoms with E-state index in [9.17, 15) is 0 Å². The van der Waals surface area contributed by atoms with E-state index in [-0.39, 0.29) is 0 Å². The maximum Gasteiger partial charge on any atom is 0.212 e. The fraction of sp³-hybridized carbons (Fsp3) is 0.143. The van der Waals surface area contributed by atoms with E-state index in [2.05, 4.69) is 25.9 Å². The Balaban J connectivity index is 2.20. The van der Waals surface area contributed by atoms with Gasteiger partial charge < -0.3 is 10.5 Å². The SMILES string of the molecule is COc1ccc(-c2nc3c(C)cc(Br)cn3c2N)cn1. The van der Waals surface area contributed by atoms with Crippen molar-refractivity contribution in [3.63, 3.8) is 0 Å². The molecule has 3 heterocycles. The molecule has 0 radical (unpaired) electrons. The fourth-order valence-corrected chi connectivity index (χ4v) is 2.69. The zero-order valence-corrected chi connectivity index (χ0v) is 12.7. The van der Waals surface area contributed by atoms with Gasteiger partial charge in [-0.25, -0.2) is 9.97 Å². The van der Waals surface area contributed by atoms with Crippen LogP contribution in [0.1, 0.15) is 5.56 Å². The Morgan fingerprint density at radius 1 is 1.35 bits per heavy atom. The predicted molar refractivity (Wildman–Crippen MR) is 81.8 cm³/mol. The van der Waals surface area contributed by atoms with Crippen molar-refractivity contribution in [3.8, 4) is 17.1 Å². The zero-order valence-electron chi connectivity index (χ0n) is 11.1. The summed E-state index contributed by atoms with van der Waals surface area (Å²) in [6.45, 7) is 2.00. The first-order valence-corrected chi connectivity index (χ1v) is 6.83. The number of nitrogens with two attached hydrogens (primary N) is 1. The summed E-state index contributed by atoms with van der Waals surface area (Å²) in [4.78, 5) is 8.80. The largest absolute Gasteiger partial charge is 0.481 e. The molecule has 0 amide bonds. The molecule has 0 atom stereocenters. The first kappa shape index (κ1) is 12.9. The van der Waals surface area contributed by atoms with Gasteiger partial charge in [-0.2, -0.15) is 0 Å². The summed E-state index contributed by atoms with van der Waals surface area (Å²) in [6, 6.07) is 5.70. The second kappa shape index (κ2) is 4.79. The number of hydrogen-bond donors (Lipinski definition) is 1. The van der Waals surface area contributed by atoms with Gasteiger partial charge >= 0.3 is 0 Å². The number of nitrogen functional groups attached to an aromatic ring is 1. The van der Waals surface area contributed by atoms with Crippen LogP contribution in [0, 0.1) is 6.92 Å². The van der Waals surface area contributed by atoms with Crippen LogP contribution in [0.15, 0.2) is 35.1 Å². The lowest BCUT2D eigenvalue weighted by molar-refractivity contribution is 0.398. The summed E-state index contributed by atoms with van der Waals surface area (Å²) in [5.74, 6) is 1.16. The lowest BCUT2D eigenvalue weighted by Crippen LogP contribution is -1.95. The minimum atomic E-state index is 0.565. The predicted octanol–water partition coefficient (Wildman–Crippen LogP) is 3.06. The van der Waals surface area contributed by atoms with E-state index in [1.807, 2.05) is 29.7 Å². The minimum absolute atomic E-state index is 0.565. The summed E-state index contributed by atoms with van der Waals surface area (Å²) >= 11 is 3.47. The molecule has 0 saturated heterocycles. The third-order valence-electron chi connectivity index (χ3n) is 3.13. The van der Waals surface area contributed by atoms with Gasteiger partial charge in [0.15, 0.2) is 0 Å². The van der Waals surface area contributed by atoms with Crippen molar-refractivity contribution in [2.24, 2.45) is 0 Å². The number of aryl methyl sites for hydroxylation is 1. The average Bonchev–Trinajstić information content (AvgIpc) is 2.77. The maximum atomic E-state index is 6.20. The Bertz CT molecular complexity index is 780. The normalized spacial score (nSPS) is 10.9. The Kier molecular flexibility index (Phi) is 3.10. The van der Waals surface area contributed by atoms with Gasteiger partial charge in [-0.05, 0) is 40.5 Å². The highest BCUT2D eigenvalue weighted by molar-refractivity contribution is 9.10. The van der Waals surface area contributed by atoms with Crippen LogP contribution < -0.4 is 10.5 Å². The molecule has 0 aromatic carbocycles. The van der Waals surface area contributed by atoms with Gasteiger partial charge in [0.05, 0.1) is 7.11 Å². The molecule has 3 aromatic rings. The van der Waals surface area contributed by atoms with Crippen LogP contribution in [0.4, 0.5) is 5.82 Å². The van der Waals surface area contributed by atoms with Gasteiger partial charge in [0.25, 0.3) is 0 Å². The molecule has 6 heteroatoms. The molecule has 2 N–H and O–H groups in total. The van der Waals surface area contributed by atoms with Crippen LogP contribution in [0.2, 0.25) is 0 Å². The van der Waals surface area contributed by atoms with Crippen molar-refractivity contribution < 1.29 is 4.74 Å². The standard InChI is InChI=1S/C14H13BrN4O/c1-8-5-10(15)7-19-13(16)12(18-14(8)19)9-3-4-11(20-2)17-6-9/h3-7H,16H2,1-2H3. The van der Waals surface area contributed by atoms with E-state index in [0.717, 1.165) is 26.9 Å². The third-order valence-corrected chi connectivity index (χ3v) is 3.56. The van der Waals surface area contributed by atoms with Gasteiger partial charge in [-0.15, -0.1) is 0 Å². The number of fused-ring (bicyclic) bond motifs is 1. The van der Waals surface area contributed by atoms with Crippen LogP contribution in [0.5, 0.6) is 5.88 Å². The molecule has 0 spiro atoms. The maximum absolute atomic E-state index is 6.20. The number of pyridine rings is 2. The Labute approximate surface area is 124 Å². The third kappa shape index (κ3) is 2.02. The highest BCUT2D eigenvalue weighted by Gasteiger charge is 2.13. The number of imidazole rings is 1. The highest BCUT2D eigenvalue weighted by atomic mass is 79.9. The second-order valence-corrected chi connectivity index (χ2v) is 5.39.